The molecule has 0 radical (unpaired) electrons. The van der Waals surface area contributed by atoms with Gasteiger partial charge in [0.1, 0.15) is 61.0 Å². The summed E-state index contributed by atoms with van der Waals surface area (Å²) < 4.78 is 49.3. The fourth-order valence-corrected chi connectivity index (χ4v) is 13.8. The molecule has 4 aliphatic carbocycles. The minimum Gasteiger partial charge on any atom is -0.394 e. The molecule has 17 heteroatoms. The summed E-state index contributed by atoms with van der Waals surface area (Å²) in [4.78, 5) is 0. The van der Waals surface area contributed by atoms with Gasteiger partial charge in [-0.25, -0.2) is 0 Å². The third-order valence-corrected chi connectivity index (χ3v) is 17.4. The molecule has 3 saturated carbocycles. The number of hydrogen-bond donors (Lipinski definition) is 9. The van der Waals surface area contributed by atoms with E-state index in [0.29, 0.717) is 48.3 Å². The average molecular weight is 871 g/mol. The topological polar surface area (TPSA) is 256 Å². The molecule has 26 atom stereocenters. The van der Waals surface area contributed by atoms with E-state index in [1.165, 1.54) is 12.5 Å². The maximum Gasteiger partial charge on any atom is 0.189 e. The van der Waals surface area contributed by atoms with E-state index in [2.05, 4.69) is 33.8 Å². The van der Waals surface area contributed by atoms with Gasteiger partial charge in [0.15, 0.2) is 30.9 Å². The van der Waals surface area contributed by atoms with Crippen LogP contribution >= 0.6 is 0 Å². The minimum atomic E-state index is -1.94. The first-order chi connectivity index (χ1) is 28.9. The van der Waals surface area contributed by atoms with Crippen molar-refractivity contribution in [3.63, 3.8) is 0 Å². The molecule has 0 amide bonds. The highest BCUT2D eigenvalue weighted by Crippen LogP contribution is 2.70. The molecule has 0 aromatic rings. The van der Waals surface area contributed by atoms with Crippen molar-refractivity contribution in [2.24, 2.45) is 46.3 Å². The molecule has 17 nitrogen and oxygen atoms in total. The van der Waals surface area contributed by atoms with E-state index in [4.69, 9.17) is 37.9 Å². The summed E-state index contributed by atoms with van der Waals surface area (Å²) in [6.45, 7) is 11.1. The van der Waals surface area contributed by atoms with Crippen molar-refractivity contribution in [2.75, 3.05) is 13.2 Å². The number of rotatable bonds is 7. The van der Waals surface area contributed by atoms with Gasteiger partial charge in [-0.05, 0) is 98.7 Å². The third-order valence-electron chi connectivity index (χ3n) is 17.4. The Morgan fingerprint density at radius 3 is 2.11 bits per heavy atom. The van der Waals surface area contributed by atoms with Crippen molar-refractivity contribution < 1.29 is 83.9 Å². The van der Waals surface area contributed by atoms with E-state index in [1.54, 1.807) is 0 Å². The van der Waals surface area contributed by atoms with Gasteiger partial charge in [-0.1, -0.05) is 39.3 Å². The van der Waals surface area contributed by atoms with Gasteiger partial charge in [-0.2, -0.15) is 0 Å². The van der Waals surface area contributed by atoms with Crippen LogP contribution in [0.2, 0.25) is 0 Å². The number of aliphatic hydroxyl groups excluding tert-OH is 9. The molecule has 9 aliphatic rings. The van der Waals surface area contributed by atoms with Crippen LogP contribution in [0, 0.1) is 46.3 Å². The zero-order valence-electron chi connectivity index (χ0n) is 35.9. The van der Waals surface area contributed by atoms with E-state index < -0.39 is 111 Å². The molecular formula is C44H70O17. The molecule has 0 aromatic carbocycles. The minimum absolute atomic E-state index is 0.0375. The number of allylic oxidation sites excluding steroid dienone is 1. The maximum atomic E-state index is 11.9. The van der Waals surface area contributed by atoms with Crippen molar-refractivity contribution in [1.82, 2.24) is 0 Å². The first kappa shape index (κ1) is 45.2. The second kappa shape index (κ2) is 16.7. The first-order valence-corrected chi connectivity index (χ1v) is 22.9. The van der Waals surface area contributed by atoms with Crippen LogP contribution in [0.1, 0.15) is 92.4 Å². The van der Waals surface area contributed by atoms with Gasteiger partial charge in [-0.3, -0.25) is 0 Å². The highest BCUT2D eigenvalue weighted by atomic mass is 16.8. The Morgan fingerprint density at radius 1 is 0.705 bits per heavy atom. The van der Waals surface area contributed by atoms with Crippen molar-refractivity contribution in [3.05, 3.63) is 11.6 Å². The Morgan fingerprint density at radius 2 is 1.41 bits per heavy atom. The van der Waals surface area contributed by atoms with E-state index in [1.807, 2.05) is 0 Å². The van der Waals surface area contributed by atoms with Gasteiger partial charge in [0.2, 0.25) is 0 Å². The molecule has 0 bridgehead atoms. The predicted octanol–water partition coefficient (Wildman–Crippen LogP) is 0.172. The Kier molecular flexibility index (Phi) is 12.4. The molecule has 8 fully saturated rings. The van der Waals surface area contributed by atoms with E-state index in [-0.39, 0.29) is 16.9 Å². The van der Waals surface area contributed by atoms with Crippen molar-refractivity contribution in [3.8, 4) is 0 Å². The SMILES string of the molecule is CC1CCC2(OC1)OC1CC3C4CC=C5CC(OC6OC(CO)C(OC7OC(O)C(O)C(O)C7O)C(O)C6OC6OC(C)C(O)C(O)C6O)CCC5(C)C4CCC3(C)C1C2C. The number of ether oxygens (including phenoxy) is 8. The van der Waals surface area contributed by atoms with Gasteiger partial charge >= 0.3 is 0 Å². The van der Waals surface area contributed by atoms with Gasteiger partial charge in [0.05, 0.1) is 31.5 Å². The maximum absolute atomic E-state index is 11.9. The molecule has 61 heavy (non-hydrogen) atoms. The molecule has 9 rings (SSSR count). The molecular weight excluding hydrogens is 800 g/mol. The van der Waals surface area contributed by atoms with Crippen molar-refractivity contribution >= 4 is 0 Å². The lowest BCUT2D eigenvalue weighted by Crippen LogP contribution is -2.66. The van der Waals surface area contributed by atoms with Gasteiger partial charge in [0, 0.05) is 12.3 Å². The Balaban J connectivity index is 0.916. The van der Waals surface area contributed by atoms with Gasteiger partial charge in [0.25, 0.3) is 0 Å². The fourth-order valence-electron chi connectivity index (χ4n) is 13.8. The van der Waals surface area contributed by atoms with E-state index in [0.717, 1.165) is 51.6 Å². The molecule has 5 saturated heterocycles. The van der Waals surface area contributed by atoms with Gasteiger partial charge < -0.3 is 83.9 Å². The third kappa shape index (κ3) is 7.41. The molecule has 5 heterocycles. The summed E-state index contributed by atoms with van der Waals surface area (Å²) in [6, 6.07) is 0. The standard InChI is InChI=1S/C44H70O17/c1-18-8-13-44(54-17-18)19(2)28-26(61-44)15-25-23-7-6-21-14-22(9-11-42(21,4)24(23)10-12-43(25,28)5)56-41-37(59-39-33(50)30(47)29(46)20(3)55-39)35(52)36(27(16-45)57-41)58-40-34(51)31(48)32(49)38(53)60-40/h6,18-20,22-41,45-53H,7-17H2,1-5H3. The van der Waals surface area contributed by atoms with Gasteiger partial charge in [-0.15, -0.1) is 0 Å². The number of aliphatic hydroxyl groups is 9. The smallest absolute Gasteiger partial charge is 0.189 e. The van der Waals surface area contributed by atoms with Crippen molar-refractivity contribution in [1.29, 1.82) is 0 Å². The largest absolute Gasteiger partial charge is 0.394 e. The summed E-state index contributed by atoms with van der Waals surface area (Å²) in [5.41, 5.74) is 1.48. The summed E-state index contributed by atoms with van der Waals surface area (Å²) in [6.07, 6.45) is -13.2. The highest BCUT2D eigenvalue weighted by Gasteiger charge is 2.69. The second-order valence-electron chi connectivity index (χ2n) is 20.7. The summed E-state index contributed by atoms with van der Waals surface area (Å²) in [7, 11) is 0. The van der Waals surface area contributed by atoms with Crippen LogP contribution in [0.4, 0.5) is 0 Å². The summed E-state index contributed by atoms with van der Waals surface area (Å²) in [5.74, 6) is 2.56. The van der Waals surface area contributed by atoms with Crippen LogP contribution in [0.3, 0.4) is 0 Å². The predicted molar refractivity (Wildman–Crippen MR) is 209 cm³/mol. The van der Waals surface area contributed by atoms with Crippen LogP contribution < -0.4 is 0 Å². The zero-order valence-corrected chi connectivity index (χ0v) is 35.9. The molecule has 9 N–H and O–H groups in total. The van der Waals surface area contributed by atoms with Crippen LogP contribution in [0.25, 0.3) is 0 Å². The Hall–Kier alpha value is -0.940. The first-order valence-electron chi connectivity index (χ1n) is 22.9. The average Bonchev–Trinajstić information content (AvgIpc) is 3.69. The summed E-state index contributed by atoms with van der Waals surface area (Å²) in [5, 5.41) is 95.3. The van der Waals surface area contributed by atoms with E-state index in [9.17, 15) is 46.0 Å². The number of hydrogen-bond acceptors (Lipinski definition) is 17. The highest BCUT2D eigenvalue weighted by molar-refractivity contribution is 5.26. The lowest BCUT2D eigenvalue weighted by Gasteiger charge is -2.58. The van der Waals surface area contributed by atoms with Crippen LogP contribution in [-0.2, 0) is 37.9 Å². The molecule has 5 aliphatic heterocycles. The van der Waals surface area contributed by atoms with Crippen LogP contribution in [0.5, 0.6) is 0 Å². The van der Waals surface area contributed by atoms with E-state index >= 15 is 0 Å². The molecule has 26 unspecified atom stereocenters. The summed E-state index contributed by atoms with van der Waals surface area (Å²) >= 11 is 0. The lowest BCUT2D eigenvalue weighted by atomic mass is 9.47. The molecule has 348 valence electrons. The fraction of sp³-hybridized carbons (Fsp3) is 0.955. The van der Waals surface area contributed by atoms with Crippen LogP contribution in [-0.4, -0.2) is 169 Å². The normalized spacial score (nSPS) is 58.4. The molecule has 0 aromatic heterocycles. The lowest BCUT2D eigenvalue weighted by molar-refractivity contribution is -0.397. The zero-order chi connectivity index (χ0) is 43.5. The molecule has 1 spiro atoms. The number of fused-ring (bicyclic) bond motifs is 7. The van der Waals surface area contributed by atoms with Crippen molar-refractivity contribution in [2.45, 2.75) is 203 Å². The quantitative estimate of drug-likeness (QED) is 0.155. The Labute approximate surface area is 357 Å². The van der Waals surface area contributed by atoms with Crippen LogP contribution in [0.15, 0.2) is 11.6 Å². The Bertz CT molecular complexity index is 1590. The monoisotopic (exact) mass is 870 g/mol. The second-order valence-corrected chi connectivity index (χ2v) is 20.7.